The summed E-state index contributed by atoms with van der Waals surface area (Å²) in [4.78, 5) is 22.2. The first-order valence-corrected chi connectivity index (χ1v) is 10.4. The maximum absolute atomic E-state index is 11.8. The van der Waals surface area contributed by atoms with E-state index < -0.39 is 5.97 Å². The van der Waals surface area contributed by atoms with Gasteiger partial charge in [0.25, 0.3) is 0 Å². The van der Waals surface area contributed by atoms with Crippen molar-refractivity contribution in [1.29, 1.82) is 0 Å². The summed E-state index contributed by atoms with van der Waals surface area (Å²) in [6.45, 7) is 1.25. The molecule has 0 unspecified atom stereocenters. The number of hydrogen-bond donors (Lipinski definition) is 2. The summed E-state index contributed by atoms with van der Waals surface area (Å²) in [5.74, 6) is 0.953. The molecular weight excluding hydrogens is 358 g/mol. The average Bonchev–Trinajstić information content (AvgIpc) is 2.69. The molecule has 6 nitrogen and oxygen atoms in total. The molecule has 0 saturated heterocycles. The van der Waals surface area contributed by atoms with Crippen molar-refractivity contribution in [2.75, 3.05) is 20.3 Å². The number of hydrogen-bond acceptors (Lipinski definition) is 4. The predicted molar refractivity (Wildman–Crippen MR) is 110 cm³/mol. The van der Waals surface area contributed by atoms with E-state index in [-0.39, 0.29) is 12.3 Å². The van der Waals surface area contributed by atoms with Crippen molar-refractivity contribution < 1.29 is 24.2 Å². The molecule has 0 atom stereocenters. The summed E-state index contributed by atoms with van der Waals surface area (Å²) in [6.07, 6.45) is 10.0. The first kappa shape index (κ1) is 23.8. The molecule has 0 aliphatic carbocycles. The summed E-state index contributed by atoms with van der Waals surface area (Å²) < 4.78 is 10.7. The molecule has 0 bridgehead atoms. The summed E-state index contributed by atoms with van der Waals surface area (Å²) in [6, 6.07) is 7.41. The van der Waals surface area contributed by atoms with Gasteiger partial charge in [0, 0.05) is 19.4 Å². The van der Waals surface area contributed by atoms with Crippen LogP contribution in [0.2, 0.25) is 0 Å². The van der Waals surface area contributed by atoms with Gasteiger partial charge in [-0.3, -0.25) is 9.59 Å². The number of benzene rings is 1. The highest BCUT2D eigenvalue weighted by Gasteiger charge is 2.02. The molecule has 0 fully saturated rings. The maximum atomic E-state index is 11.8. The second-order valence-electron chi connectivity index (χ2n) is 6.95. The maximum Gasteiger partial charge on any atom is 0.303 e. The number of amides is 1. The lowest BCUT2D eigenvalue weighted by atomic mass is 10.1. The summed E-state index contributed by atoms with van der Waals surface area (Å²) in [7, 11) is 1.63. The van der Waals surface area contributed by atoms with Crippen LogP contribution in [0, 0.1) is 0 Å². The molecule has 1 aromatic rings. The lowest BCUT2D eigenvalue weighted by Gasteiger charge is -2.08. The van der Waals surface area contributed by atoms with Crippen molar-refractivity contribution in [1.82, 2.24) is 5.32 Å². The minimum absolute atomic E-state index is 0.0803. The third-order valence-electron chi connectivity index (χ3n) is 4.52. The van der Waals surface area contributed by atoms with Crippen molar-refractivity contribution in [3.8, 4) is 11.5 Å². The zero-order chi connectivity index (χ0) is 20.5. The van der Waals surface area contributed by atoms with Crippen LogP contribution in [0.4, 0.5) is 0 Å². The molecule has 0 spiro atoms. The van der Waals surface area contributed by atoms with Gasteiger partial charge in [-0.25, -0.2) is 0 Å². The molecule has 0 saturated carbocycles. The first-order chi connectivity index (χ1) is 13.6. The smallest absolute Gasteiger partial charge is 0.303 e. The SMILES string of the molecule is COc1ccc(OCCCC(=O)NCCCCCCCCCCC(=O)O)cc1. The Labute approximate surface area is 168 Å². The molecule has 6 heteroatoms. The van der Waals surface area contributed by atoms with Gasteiger partial charge >= 0.3 is 5.97 Å². The molecular formula is C22H35NO5. The molecule has 28 heavy (non-hydrogen) atoms. The number of unbranched alkanes of at least 4 members (excludes halogenated alkanes) is 7. The third-order valence-corrected chi connectivity index (χ3v) is 4.52. The summed E-state index contributed by atoms with van der Waals surface area (Å²) >= 11 is 0. The van der Waals surface area contributed by atoms with Crippen LogP contribution in [-0.4, -0.2) is 37.2 Å². The number of carbonyl (C=O) groups excluding carboxylic acids is 1. The Balaban J connectivity index is 1.86. The van der Waals surface area contributed by atoms with Crippen molar-refractivity contribution >= 4 is 11.9 Å². The lowest BCUT2D eigenvalue weighted by molar-refractivity contribution is -0.137. The van der Waals surface area contributed by atoms with Gasteiger partial charge in [-0.15, -0.1) is 0 Å². The van der Waals surface area contributed by atoms with Crippen molar-refractivity contribution in [3.63, 3.8) is 0 Å². The van der Waals surface area contributed by atoms with Gasteiger partial charge in [-0.1, -0.05) is 38.5 Å². The monoisotopic (exact) mass is 393 g/mol. The van der Waals surface area contributed by atoms with E-state index in [9.17, 15) is 9.59 Å². The highest BCUT2D eigenvalue weighted by molar-refractivity contribution is 5.75. The largest absolute Gasteiger partial charge is 0.497 e. The van der Waals surface area contributed by atoms with Crippen LogP contribution in [-0.2, 0) is 9.59 Å². The number of ether oxygens (including phenoxy) is 2. The lowest BCUT2D eigenvalue weighted by Crippen LogP contribution is -2.24. The Morgan fingerprint density at radius 2 is 1.39 bits per heavy atom. The Hall–Kier alpha value is -2.24. The van der Waals surface area contributed by atoms with Crippen LogP contribution in [0.3, 0.4) is 0 Å². The van der Waals surface area contributed by atoms with Crippen LogP contribution in [0.15, 0.2) is 24.3 Å². The summed E-state index contributed by atoms with van der Waals surface area (Å²) in [5, 5.41) is 11.5. The van der Waals surface area contributed by atoms with Gasteiger partial charge in [-0.05, 0) is 43.5 Å². The summed E-state index contributed by atoms with van der Waals surface area (Å²) in [5.41, 5.74) is 0. The van der Waals surface area contributed by atoms with Gasteiger partial charge in [0.1, 0.15) is 11.5 Å². The minimum Gasteiger partial charge on any atom is -0.497 e. The van der Waals surface area contributed by atoms with Gasteiger partial charge in [-0.2, -0.15) is 0 Å². The Morgan fingerprint density at radius 1 is 0.821 bits per heavy atom. The van der Waals surface area contributed by atoms with E-state index in [0.717, 1.165) is 50.1 Å². The number of carboxylic acids is 1. The van der Waals surface area contributed by atoms with Crippen molar-refractivity contribution in [2.24, 2.45) is 0 Å². The zero-order valence-corrected chi connectivity index (χ0v) is 17.1. The topological polar surface area (TPSA) is 84.9 Å². The second kappa shape index (κ2) is 15.8. The fourth-order valence-corrected chi connectivity index (χ4v) is 2.87. The predicted octanol–water partition coefficient (Wildman–Crippen LogP) is 4.57. The number of carboxylic acid groups (broad SMARTS) is 1. The van der Waals surface area contributed by atoms with Crippen molar-refractivity contribution in [2.45, 2.75) is 70.6 Å². The zero-order valence-electron chi connectivity index (χ0n) is 17.1. The van der Waals surface area contributed by atoms with E-state index in [4.69, 9.17) is 14.6 Å². The number of methoxy groups -OCH3 is 1. The van der Waals surface area contributed by atoms with Gasteiger partial charge in [0.05, 0.1) is 13.7 Å². The van der Waals surface area contributed by atoms with Crippen molar-refractivity contribution in [3.05, 3.63) is 24.3 Å². The minimum atomic E-state index is -0.702. The third kappa shape index (κ3) is 13.0. The van der Waals surface area contributed by atoms with E-state index in [1.165, 1.54) is 19.3 Å². The van der Waals surface area contributed by atoms with Crippen LogP contribution in [0.1, 0.15) is 70.6 Å². The highest BCUT2D eigenvalue weighted by Crippen LogP contribution is 2.17. The Kier molecular flexibility index (Phi) is 13.4. The average molecular weight is 394 g/mol. The number of aliphatic carboxylic acids is 1. The molecule has 0 aliphatic rings. The molecule has 158 valence electrons. The van der Waals surface area contributed by atoms with E-state index >= 15 is 0 Å². The molecule has 2 N–H and O–H groups in total. The fourth-order valence-electron chi connectivity index (χ4n) is 2.87. The first-order valence-electron chi connectivity index (χ1n) is 10.4. The van der Waals surface area contributed by atoms with E-state index in [0.29, 0.717) is 19.4 Å². The quantitative estimate of drug-likeness (QED) is 0.379. The standard InChI is InChI=1S/C22H35NO5/c1-27-19-13-15-20(16-14-19)28-18-10-11-21(24)23-17-9-7-5-3-2-4-6-8-12-22(25)26/h13-16H,2-12,17-18H2,1H3,(H,23,24)(H,25,26). The molecule has 0 aliphatic heterocycles. The van der Waals surface area contributed by atoms with E-state index in [1.54, 1.807) is 7.11 Å². The van der Waals surface area contributed by atoms with Gasteiger partial charge < -0.3 is 19.9 Å². The number of rotatable bonds is 17. The second-order valence-corrected chi connectivity index (χ2v) is 6.95. The Morgan fingerprint density at radius 3 is 2.00 bits per heavy atom. The fraction of sp³-hybridized carbons (Fsp3) is 0.636. The molecule has 0 heterocycles. The normalized spacial score (nSPS) is 10.5. The van der Waals surface area contributed by atoms with Crippen LogP contribution >= 0.6 is 0 Å². The molecule has 0 radical (unpaired) electrons. The van der Waals surface area contributed by atoms with Crippen LogP contribution in [0.25, 0.3) is 0 Å². The number of nitrogens with one attached hydrogen (secondary N) is 1. The van der Waals surface area contributed by atoms with Crippen LogP contribution < -0.4 is 14.8 Å². The number of carbonyl (C=O) groups is 2. The van der Waals surface area contributed by atoms with Crippen LogP contribution in [0.5, 0.6) is 11.5 Å². The Bertz CT molecular complexity index is 544. The molecule has 1 aromatic carbocycles. The highest BCUT2D eigenvalue weighted by atomic mass is 16.5. The molecule has 0 aromatic heterocycles. The van der Waals surface area contributed by atoms with Gasteiger partial charge in [0.2, 0.25) is 5.91 Å². The molecule has 1 rings (SSSR count). The van der Waals surface area contributed by atoms with E-state index in [1.807, 2.05) is 24.3 Å². The van der Waals surface area contributed by atoms with Gasteiger partial charge in [0.15, 0.2) is 0 Å². The molecule has 1 amide bonds. The van der Waals surface area contributed by atoms with E-state index in [2.05, 4.69) is 5.32 Å².